The molecular formula is C19H20FN5S. The average Bonchev–Trinajstić information content (AvgIpc) is 3.39. The molecule has 1 aromatic heterocycles. The Bertz CT molecular complexity index is 886. The summed E-state index contributed by atoms with van der Waals surface area (Å²) in [6.07, 6.45) is 4.62. The van der Waals surface area contributed by atoms with Crippen LogP contribution < -0.4 is 4.90 Å². The highest BCUT2D eigenvalue weighted by Gasteiger charge is 2.33. The Morgan fingerprint density at radius 2 is 2.23 bits per heavy atom. The van der Waals surface area contributed by atoms with E-state index in [1.807, 2.05) is 18.2 Å². The van der Waals surface area contributed by atoms with Gasteiger partial charge in [-0.2, -0.15) is 5.53 Å². The molecule has 0 unspecified atom stereocenters. The van der Waals surface area contributed by atoms with Gasteiger partial charge in [0.2, 0.25) is 0 Å². The molecule has 0 bridgehead atoms. The van der Waals surface area contributed by atoms with Crippen LogP contribution in [0, 0.1) is 16.8 Å². The molecule has 0 amide bonds. The fourth-order valence-electron chi connectivity index (χ4n) is 3.39. The summed E-state index contributed by atoms with van der Waals surface area (Å²) in [4.78, 5) is 4.02. The van der Waals surface area contributed by atoms with Gasteiger partial charge in [-0.25, -0.2) is 9.40 Å². The summed E-state index contributed by atoms with van der Waals surface area (Å²) in [6, 6.07) is 7.11. The summed E-state index contributed by atoms with van der Waals surface area (Å²) in [5.41, 5.74) is 10.4. The van der Waals surface area contributed by atoms with E-state index >= 15 is 0 Å². The summed E-state index contributed by atoms with van der Waals surface area (Å²) in [5, 5.41) is 13.5. The van der Waals surface area contributed by atoms with Crippen LogP contribution in [0.25, 0.3) is 10.4 Å². The zero-order chi connectivity index (χ0) is 18.3. The maximum absolute atomic E-state index is 13.9. The van der Waals surface area contributed by atoms with Gasteiger partial charge in [0, 0.05) is 29.2 Å². The van der Waals surface area contributed by atoms with Crippen LogP contribution in [-0.2, 0) is 6.42 Å². The molecule has 0 radical (unpaired) electrons. The summed E-state index contributed by atoms with van der Waals surface area (Å²) < 4.78 is 13.9. The van der Waals surface area contributed by atoms with Gasteiger partial charge in [-0.3, -0.25) is 5.41 Å². The summed E-state index contributed by atoms with van der Waals surface area (Å²) in [6.45, 7) is 5.25. The largest absolute Gasteiger partial charge is 0.367 e. The molecule has 26 heavy (non-hydrogen) atoms. The highest BCUT2D eigenvalue weighted by molar-refractivity contribution is 7.17. The molecular weight excluding hydrogens is 349 g/mol. The quantitative estimate of drug-likeness (QED) is 0.260. The van der Waals surface area contributed by atoms with E-state index in [-0.39, 0.29) is 17.7 Å². The van der Waals surface area contributed by atoms with Crippen molar-refractivity contribution in [3.63, 3.8) is 0 Å². The molecule has 2 aromatic rings. The van der Waals surface area contributed by atoms with E-state index in [2.05, 4.69) is 16.7 Å². The van der Waals surface area contributed by atoms with Crippen molar-refractivity contribution < 1.29 is 4.39 Å². The number of hydrogen-bond acceptors (Lipinski definition) is 5. The van der Waals surface area contributed by atoms with Gasteiger partial charge in [0.1, 0.15) is 5.82 Å². The Hall–Kier alpha value is -2.54. The smallest absolute Gasteiger partial charge is 0.160 e. The second-order valence-electron chi connectivity index (χ2n) is 6.64. The van der Waals surface area contributed by atoms with Gasteiger partial charge in [0.15, 0.2) is 5.84 Å². The van der Waals surface area contributed by atoms with Crippen LogP contribution in [0.2, 0.25) is 0 Å². The maximum atomic E-state index is 13.9. The van der Waals surface area contributed by atoms with Crippen LogP contribution in [0.4, 0.5) is 10.1 Å². The van der Waals surface area contributed by atoms with E-state index in [0.29, 0.717) is 6.54 Å². The summed E-state index contributed by atoms with van der Waals surface area (Å²) in [7, 11) is 0. The molecule has 1 fully saturated rings. The lowest BCUT2D eigenvalue weighted by atomic mass is 10.1. The molecule has 134 valence electrons. The number of benzene rings is 1. The van der Waals surface area contributed by atoms with Crippen LogP contribution in [0.15, 0.2) is 42.1 Å². The highest BCUT2D eigenvalue weighted by atomic mass is 32.1. The number of thiophene rings is 1. The molecule has 1 saturated carbocycles. The van der Waals surface area contributed by atoms with E-state index in [1.54, 1.807) is 6.07 Å². The van der Waals surface area contributed by atoms with Crippen molar-refractivity contribution in [2.75, 3.05) is 18.0 Å². The third-order valence-electron chi connectivity index (χ3n) is 4.82. The highest BCUT2D eigenvalue weighted by Crippen LogP contribution is 2.42. The Labute approximate surface area is 155 Å². The Morgan fingerprint density at radius 3 is 2.92 bits per heavy atom. The molecule has 0 spiro atoms. The summed E-state index contributed by atoms with van der Waals surface area (Å²) in [5.74, 6) is 0.0332. The SMILES string of the molecule is C=CCN1CCc2cc(C(=N)N(N=N)C3CC3)sc2-c2ccc(F)cc21. The Balaban J connectivity index is 1.76. The number of amidine groups is 1. The van der Waals surface area contributed by atoms with Gasteiger partial charge in [0.05, 0.1) is 10.9 Å². The molecule has 4 rings (SSSR count). The van der Waals surface area contributed by atoms with Gasteiger partial charge in [0.25, 0.3) is 0 Å². The molecule has 1 aromatic carbocycles. The lowest BCUT2D eigenvalue weighted by Gasteiger charge is -2.23. The normalized spacial score (nSPS) is 15.7. The van der Waals surface area contributed by atoms with Crippen molar-refractivity contribution in [2.24, 2.45) is 5.22 Å². The maximum Gasteiger partial charge on any atom is 0.160 e. The van der Waals surface area contributed by atoms with Crippen molar-refractivity contribution in [1.82, 2.24) is 5.01 Å². The zero-order valence-electron chi connectivity index (χ0n) is 14.3. The number of hydrogen-bond donors (Lipinski definition) is 2. The number of nitrogens with zero attached hydrogens (tertiary/aromatic N) is 3. The van der Waals surface area contributed by atoms with Crippen molar-refractivity contribution in [3.05, 3.63) is 53.2 Å². The first-order valence-electron chi connectivity index (χ1n) is 8.66. The van der Waals surface area contributed by atoms with Crippen LogP contribution >= 0.6 is 11.3 Å². The molecule has 2 aliphatic rings. The topological polar surface area (TPSA) is 66.5 Å². The first-order valence-corrected chi connectivity index (χ1v) is 9.48. The van der Waals surface area contributed by atoms with E-state index in [1.165, 1.54) is 22.4 Å². The number of fused-ring (bicyclic) bond motifs is 3. The van der Waals surface area contributed by atoms with Crippen LogP contribution in [0.3, 0.4) is 0 Å². The van der Waals surface area contributed by atoms with Crippen LogP contribution in [0.1, 0.15) is 23.3 Å². The Morgan fingerprint density at radius 1 is 1.42 bits per heavy atom. The monoisotopic (exact) mass is 369 g/mol. The average molecular weight is 369 g/mol. The minimum absolute atomic E-state index is 0.186. The molecule has 2 N–H and O–H groups in total. The van der Waals surface area contributed by atoms with E-state index in [9.17, 15) is 4.39 Å². The predicted octanol–water partition coefficient (Wildman–Crippen LogP) is 4.84. The molecule has 7 heteroatoms. The van der Waals surface area contributed by atoms with Crippen LogP contribution in [0.5, 0.6) is 0 Å². The van der Waals surface area contributed by atoms with Gasteiger partial charge in [-0.1, -0.05) is 11.3 Å². The van der Waals surface area contributed by atoms with Gasteiger partial charge >= 0.3 is 0 Å². The lowest BCUT2D eigenvalue weighted by Crippen LogP contribution is -2.27. The predicted molar refractivity (Wildman–Crippen MR) is 103 cm³/mol. The molecule has 2 heterocycles. The van der Waals surface area contributed by atoms with Gasteiger partial charge in [-0.05, 0) is 49.1 Å². The number of halogens is 1. The van der Waals surface area contributed by atoms with E-state index in [0.717, 1.165) is 52.4 Å². The minimum Gasteiger partial charge on any atom is -0.367 e. The van der Waals surface area contributed by atoms with E-state index < -0.39 is 0 Å². The van der Waals surface area contributed by atoms with Crippen LogP contribution in [-0.4, -0.2) is 30.0 Å². The standard InChI is InChI=1S/C19H20FN5S/c1-2-8-24-9-7-12-10-17(19(21)25(23-22)14-4-5-14)26-18(12)15-6-3-13(20)11-16(15)24/h2-3,6,10-11,14,21-22H,1,4-5,7-9H2. The van der Waals surface area contributed by atoms with Crippen molar-refractivity contribution in [1.29, 1.82) is 10.9 Å². The van der Waals surface area contributed by atoms with Crippen molar-refractivity contribution >= 4 is 22.9 Å². The van der Waals surface area contributed by atoms with Crippen molar-refractivity contribution in [3.8, 4) is 10.4 Å². The van der Waals surface area contributed by atoms with Gasteiger partial charge in [-0.15, -0.1) is 17.9 Å². The molecule has 0 atom stereocenters. The van der Waals surface area contributed by atoms with E-state index in [4.69, 9.17) is 10.9 Å². The third kappa shape index (κ3) is 2.92. The number of anilines is 1. The second-order valence-corrected chi connectivity index (χ2v) is 7.69. The first-order chi connectivity index (χ1) is 12.6. The Kier molecular flexibility index (Phi) is 4.32. The van der Waals surface area contributed by atoms with Gasteiger partial charge < -0.3 is 4.90 Å². The van der Waals surface area contributed by atoms with Crippen molar-refractivity contribution in [2.45, 2.75) is 25.3 Å². The first kappa shape index (κ1) is 16.9. The number of rotatable bonds is 5. The minimum atomic E-state index is -0.251. The summed E-state index contributed by atoms with van der Waals surface area (Å²) >= 11 is 1.53. The third-order valence-corrected chi connectivity index (χ3v) is 6.03. The fourth-order valence-corrected chi connectivity index (χ4v) is 4.57. The molecule has 0 saturated heterocycles. The lowest BCUT2D eigenvalue weighted by molar-refractivity contribution is 0.394. The second kappa shape index (κ2) is 6.64. The zero-order valence-corrected chi connectivity index (χ0v) is 15.2. The molecule has 5 nitrogen and oxygen atoms in total. The molecule has 1 aliphatic heterocycles. The number of nitrogens with one attached hydrogen (secondary N) is 2. The fraction of sp³-hybridized carbons (Fsp3) is 0.316. The molecule has 1 aliphatic carbocycles.